The zero-order valence-corrected chi connectivity index (χ0v) is 14.5. The van der Waals surface area contributed by atoms with E-state index in [4.69, 9.17) is 0 Å². The highest BCUT2D eigenvalue weighted by Gasteiger charge is 2.15. The summed E-state index contributed by atoms with van der Waals surface area (Å²) in [6.45, 7) is 4.99. The van der Waals surface area contributed by atoms with Crippen LogP contribution in [0.5, 0.6) is 0 Å². The molecule has 2 rings (SSSR count). The van der Waals surface area contributed by atoms with Crippen LogP contribution >= 0.6 is 0 Å². The number of benzene rings is 2. The molecule has 0 aromatic heterocycles. The molecule has 0 bridgehead atoms. The highest BCUT2D eigenvalue weighted by atomic mass is 19.1. The van der Waals surface area contributed by atoms with Crippen LogP contribution in [0.1, 0.15) is 44.0 Å². The molecule has 2 aromatic carbocycles. The van der Waals surface area contributed by atoms with E-state index >= 15 is 0 Å². The van der Waals surface area contributed by atoms with Gasteiger partial charge < -0.3 is 16.0 Å². The lowest BCUT2D eigenvalue weighted by molar-refractivity contribution is -0.114. The SMILES string of the molecule is CC(=O)Nc1cccc([C@@H](C)NC(=O)N[C@H](C)c2ccccc2F)c1. The van der Waals surface area contributed by atoms with Gasteiger partial charge in [0.2, 0.25) is 5.91 Å². The molecule has 132 valence electrons. The number of rotatable bonds is 5. The largest absolute Gasteiger partial charge is 0.332 e. The van der Waals surface area contributed by atoms with Gasteiger partial charge in [-0.05, 0) is 37.6 Å². The highest BCUT2D eigenvalue weighted by Crippen LogP contribution is 2.19. The van der Waals surface area contributed by atoms with Gasteiger partial charge in [0.15, 0.2) is 0 Å². The summed E-state index contributed by atoms with van der Waals surface area (Å²) in [5.74, 6) is -0.513. The second-order valence-corrected chi connectivity index (χ2v) is 5.89. The van der Waals surface area contributed by atoms with Crippen LogP contribution < -0.4 is 16.0 Å². The third-order valence-corrected chi connectivity index (χ3v) is 3.77. The van der Waals surface area contributed by atoms with Crippen LogP contribution in [-0.2, 0) is 4.79 Å². The van der Waals surface area contributed by atoms with Gasteiger partial charge in [0.05, 0.1) is 12.1 Å². The molecular formula is C19H22FN3O2. The van der Waals surface area contributed by atoms with Crippen molar-refractivity contribution < 1.29 is 14.0 Å². The van der Waals surface area contributed by atoms with Crippen molar-refractivity contribution in [3.8, 4) is 0 Å². The van der Waals surface area contributed by atoms with Crippen molar-refractivity contribution in [1.29, 1.82) is 0 Å². The third-order valence-electron chi connectivity index (χ3n) is 3.77. The standard InChI is InChI=1S/C19H22FN3O2/c1-12(15-7-6-8-16(11-15)23-14(3)24)21-19(25)22-13(2)17-9-4-5-10-18(17)20/h4-13H,1-3H3,(H,23,24)(H2,21,22,25)/t12-,13-/m1/s1. The van der Waals surface area contributed by atoms with Crippen molar-refractivity contribution in [1.82, 2.24) is 10.6 Å². The molecule has 25 heavy (non-hydrogen) atoms. The number of urea groups is 1. The van der Waals surface area contributed by atoms with Crippen LogP contribution in [0, 0.1) is 5.82 Å². The number of nitrogens with one attached hydrogen (secondary N) is 3. The highest BCUT2D eigenvalue weighted by molar-refractivity contribution is 5.88. The fraction of sp³-hybridized carbons (Fsp3) is 0.263. The molecule has 2 atom stereocenters. The van der Waals surface area contributed by atoms with Gasteiger partial charge in [-0.2, -0.15) is 0 Å². The first kappa shape index (κ1) is 18.4. The second-order valence-electron chi connectivity index (χ2n) is 5.89. The maximum atomic E-state index is 13.8. The van der Waals surface area contributed by atoms with Crippen molar-refractivity contribution in [2.75, 3.05) is 5.32 Å². The van der Waals surface area contributed by atoms with Crippen molar-refractivity contribution >= 4 is 17.6 Å². The smallest absolute Gasteiger partial charge is 0.315 e. The van der Waals surface area contributed by atoms with Gasteiger partial charge >= 0.3 is 6.03 Å². The summed E-state index contributed by atoms with van der Waals surface area (Å²) in [6, 6.07) is 12.4. The first-order chi connectivity index (χ1) is 11.9. The van der Waals surface area contributed by atoms with E-state index in [1.807, 2.05) is 13.0 Å². The summed E-state index contributed by atoms with van der Waals surface area (Å²) < 4.78 is 13.8. The molecule has 0 spiro atoms. The molecule has 0 fully saturated rings. The van der Waals surface area contributed by atoms with Gasteiger partial charge in [-0.1, -0.05) is 30.3 Å². The fourth-order valence-electron chi connectivity index (χ4n) is 2.51. The summed E-state index contributed by atoms with van der Waals surface area (Å²) >= 11 is 0. The lowest BCUT2D eigenvalue weighted by Crippen LogP contribution is -2.38. The maximum absolute atomic E-state index is 13.8. The summed E-state index contributed by atoms with van der Waals surface area (Å²) in [5.41, 5.74) is 1.94. The van der Waals surface area contributed by atoms with Gasteiger partial charge in [0.25, 0.3) is 0 Å². The Morgan fingerprint density at radius 2 is 1.64 bits per heavy atom. The van der Waals surface area contributed by atoms with Crippen LogP contribution in [-0.4, -0.2) is 11.9 Å². The van der Waals surface area contributed by atoms with Crippen molar-refractivity contribution in [3.63, 3.8) is 0 Å². The predicted molar refractivity (Wildman–Crippen MR) is 95.6 cm³/mol. The normalized spacial score (nSPS) is 12.8. The zero-order chi connectivity index (χ0) is 18.4. The third kappa shape index (κ3) is 5.31. The van der Waals surface area contributed by atoms with E-state index in [1.54, 1.807) is 43.3 Å². The van der Waals surface area contributed by atoms with Crippen LogP contribution in [0.3, 0.4) is 0 Å². The van der Waals surface area contributed by atoms with Gasteiger partial charge in [-0.25, -0.2) is 9.18 Å². The van der Waals surface area contributed by atoms with Crippen LogP contribution in [0.15, 0.2) is 48.5 Å². The van der Waals surface area contributed by atoms with Crippen LogP contribution in [0.2, 0.25) is 0 Å². The first-order valence-electron chi connectivity index (χ1n) is 8.06. The van der Waals surface area contributed by atoms with E-state index in [-0.39, 0.29) is 17.8 Å². The Morgan fingerprint density at radius 3 is 2.32 bits per heavy atom. The van der Waals surface area contributed by atoms with E-state index in [9.17, 15) is 14.0 Å². The summed E-state index contributed by atoms with van der Waals surface area (Å²) in [5, 5.41) is 8.24. The Hall–Kier alpha value is -2.89. The fourth-order valence-corrected chi connectivity index (χ4v) is 2.51. The molecule has 0 aliphatic heterocycles. The minimum Gasteiger partial charge on any atom is -0.332 e. The number of anilines is 1. The number of hydrogen-bond acceptors (Lipinski definition) is 2. The number of halogens is 1. The number of carbonyl (C=O) groups excluding carboxylic acids is 2. The lowest BCUT2D eigenvalue weighted by Gasteiger charge is -2.19. The zero-order valence-electron chi connectivity index (χ0n) is 14.5. The molecule has 0 aliphatic rings. The quantitative estimate of drug-likeness (QED) is 0.770. The molecule has 0 aliphatic carbocycles. The number of carbonyl (C=O) groups is 2. The van der Waals surface area contributed by atoms with Gasteiger partial charge in [-0.15, -0.1) is 0 Å². The van der Waals surface area contributed by atoms with Crippen molar-refractivity contribution in [3.05, 3.63) is 65.5 Å². The van der Waals surface area contributed by atoms with Crippen LogP contribution in [0.25, 0.3) is 0 Å². The lowest BCUT2D eigenvalue weighted by atomic mass is 10.1. The molecular weight excluding hydrogens is 321 g/mol. The summed E-state index contributed by atoms with van der Waals surface area (Å²) in [7, 11) is 0. The van der Waals surface area contributed by atoms with Gasteiger partial charge in [-0.3, -0.25) is 4.79 Å². The predicted octanol–water partition coefficient (Wildman–Crippen LogP) is 3.91. The Balaban J connectivity index is 1.98. The number of hydrogen-bond donors (Lipinski definition) is 3. The molecule has 2 aromatic rings. The van der Waals surface area contributed by atoms with E-state index in [0.717, 1.165) is 5.56 Å². The van der Waals surface area contributed by atoms with Gasteiger partial charge in [0.1, 0.15) is 5.82 Å². The van der Waals surface area contributed by atoms with E-state index in [2.05, 4.69) is 16.0 Å². The Morgan fingerprint density at radius 1 is 0.960 bits per heavy atom. The molecule has 0 radical (unpaired) electrons. The van der Waals surface area contributed by atoms with Crippen LogP contribution in [0.4, 0.5) is 14.9 Å². The topological polar surface area (TPSA) is 70.2 Å². The average Bonchev–Trinajstić information content (AvgIpc) is 2.54. The molecule has 0 unspecified atom stereocenters. The maximum Gasteiger partial charge on any atom is 0.315 e. The van der Waals surface area contributed by atoms with E-state index in [0.29, 0.717) is 11.3 Å². The minimum absolute atomic E-state index is 0.158. The molecule has 0 heterocycles. The first-order valence-corrected chi connectivity index (χ1v) is 8.06. The molecule has 3 N–H and O–H groups in total. The van der Waals surface area contributed by atoms with Crippen molar-refractivity contribution in [2.24, 2.45) is 0 Å². The van der Waals surface area contributed by atoms with Gasteiger partial charge in [0, 0.05) is 18.2 Å². The Bertz CT molecular complexity index is 764. The number of amides is 3. The minimum atomic E-state index is -0.459. The van der Waals surface area contributed by atoms with Crippen molar-refractivity contribution in [2.45, 2.75) is 32.9 Å². The second kappa shape index (κ2) is 8.28. The molecule has 3 amide bonds. The van der Waals surface area contributed by atoms with E-state index < -0.39 is 12.1 Å². The van der Waals surface area contributed by atoms with E-state index in [1.165, 1.54) is 13.0 Å². The Labute approximate surface area is 146 Å². The molecule has 0 saturated heterocycles. The molecule has 6 heteroatoms. The molecule has 5 nitrogen and oxygen atoms in total. The average molecular weight is 343 g/mol. The molecule has 0 saturated carbocycles. The Kier molecular flexibility index (Phi) is 6.11. The summed E-state index contributed by atoms with van der Waals surface area (Å²) in [4.78, 5) is 23.3. The summed E-state index contributed by atoms with van der Waals surface area (Å²) in [6.07, 6.45) is 0. The monoisotopic (exact) mass is 343 g/mol.